The Morgan fingerprint density at radius 3 is 2.62 bits per heavy atom. The molecule has 24 heavy (non-hydrogen) atoms. The summed E-state index contributed by atoms with van der Waals surface area (Å²) in [5.74, 6) is 0.579. The quantitative estimate of drug-likeness (QED) is 0.731. The molecule has 1 N–H and O–H groups in total. The fourth-order valence-electron chi connectivity index (χ4n) is 2.21. The Morgan fingerprint density at radius 1 is 1.17 bits per heavy atom. The molecule has 0 bridgehead atoms. The smallest absolute Gasteiger partial charge is 0.271 e. The van der Waals surface area contributed by atoms with Gasteiger partial charge in [-0.2, -0.15) is 0 Å². The van der Waals surface area contributed by atoms with Crippen LogP contribution in [0.15, 0.2) is 44.4 Å². The molecular weight excluding hydrogens is 344 g/mol. The molecule has 0 aliphatic heterocycles. The second-order valence-electron chi connectivity index (χ2n) is 5.60. The summed E-state index contributed by atoms with van der Waals surface area (Å²) >= 11 is 1.16. The number of aromatic nitrogens is 1. The summed E-state index contributed by atoms with van der Waals surface area (Å²) in [6.07, 6.45) is 0.771. The predicted octanol–water partition coefficient (Wildman–Crippen LogP) is 4.38. The van der Waals surface area contributed by atoms with Gasteiger partial charge in [-0.3, -0.25) is 4.72 Å². The maximum absolute atomic E-state index is 12.6. The van der Waals surface area contributed by atoms with Crippen molar-refractivity contribution in [1.82, 2.24) is 5.16 Å². The summed E-state index contributed by atoms with van der Waals surface area (Å²) in [4.78, 5) is 0. The number of hydrogen-bond donors (Lipinski definition) is 1. The summed E-state index contributed by atoms with van der Waals surface area (Å²) in [5, 5.41) is 5.69. The van der Waals surface area contributed by atoms with E-state index in [0.29, 0.717) is 17.0 Å². The van der Waals surface area contributed by atoms with E-state index in [0.717, 1.165) is 34.6 Å². The maximum Gasteiger partial charge on any atom is 0.271 e. The van der Waals surface area contributed by atoms with Crippen molar-refractivity contribution in [3.8, 4) is 11.3 Å². The fraction of sp³-hybridized carbons (Fsp3) is 0.235. The lowest BCUT2D eigenvalue weighted by Gasteiger charge is -2.08. The van der Waals surface area contributed by atoms with E-state index in [9.17, 15) is 8.42 Å². The molecular formula is C17H18N2O3S2. The molecule has 2 heterocycles. The largest absolute Gasteiger partial charge is 0.356 e. The van der Waals surface area contributed by atoms with Crippen LogP contribution in [0.1, 0.15) is 23.7 Å². The molecule has 0 radical (unpaired) electrons. The highest BCUT2D eigenvalue weighted by atomic mass is 32.2. The van der Waals surface area contributed by atoms with Crippen molar-refractivity contribution in [3.63, 3.8) is 0 Å². The van der Waals surface area contributed by atoms with Gasteiger partial charge in [0.2, 0.25) is 0 Å². The lowest BCUT2D eigenvalue weighted by atomic mass is 10.1. The molecule has 3 aromatic rings. The minimum atomic E-state index is -3.62. The van der Waals surface area contributed by atoms with Crippen LogP contribution in [-0.2, 0) is 16.4 Å². The van der Waals surface area contributed by atoms with Crippen molar-refractivity contribution < 1.29 is 12.9 Å². The van der Waals surface area contributed by atoms with E-state index in [-0.39, 0.29) is 4.21 Å². The molecule has 126 valence electrons. The SMILES string of the molecule is CCc1cc(-c2csc(S(=O)(=O)Nc3ccc(C)c(C)c3)c2)on1. The molecule has 0 amide bonds. The number of benzene rings is 1. The Hall–Kier alpha value is -2.12. The topological polar surface area (TPSA) is 72.2 Å². The molecule has 0 aliphatic carbocycles. The van der Waals surface area contributed by atoms with Gasteiger partial charge in [-0.15, -0.1) is 11.3 Å². The van der Waals surface area contributed by atoms with Crippen LogP contribution in [0, 0.1) is 13.8 Å². The molecule has 0 spiro atoms. The predicted molar refractivity (Wildman–Crippen MR) is 95.9 cm³/mol. The van der Waals surface area contributed by atoms with Gasteiger partial charge in [0, 0.05) is 22.7 Å². The van der Waals surface area contributed by atoms with Crippen LogP contribution in [0.3, 0.4) is 0 Å². The highest BCUT2D eigenvalue weighted by Gasteiger charge is 2.19. The molecule has 7 heteroatoms. The summed E-state index contributed by atoms with van der Waals surface area (Å²) < 4.78 is 33.2. The van der Waals surface area contributed by atoms with Crippen molar-refractivity contribution in [2.75, 3.05) is 4.72 Å². The van der Waals surface area contributed by atoms with Crippen molar-refractivity contribution in [2.45, 2.75) is 31.4 Å². The van der Waals surface area contributed by atoms with Gasteiger partial charge in [-0.25, -0.2) is 8.42 Å². The lowest BCUT2D eigenvalue weighted by Crippen LogP contribution is -2.11. The lowest BCUT2D eigenvalue weighted by molar-refractivity contribution is 0.424. The van der Waals surface area contributed by atoms with Gasteiger partial charge < -0.3 is 4.52 Å². The summed E-state index contributed by atoms with van der Waals surface area (Å²) in [5.41, 5.74) is 4.27. The summed E-state index contributed by atoms with van der Waals surface area (Å²) in [6, 6.07) is 8.92. The summed E-state index contributed by atoms with van der Waals surface area (Å²) in [7, 11) is -3.62. The minimum absolute atomic E-state index is 0.241. The highest BCUT2D eigenvalue weighted by molar-refractivity contribution is 7.94. The molecule has 0 aliphatic rings. The van der Waals surface area contributed by atoms with Crippen molar-refractivity contribution in [3.05, 3.63) is 52.5 Å². The van der Waals surface area contributed by atoms with Crippen molar-refractivity contribution in [2.24, 2.45) is 0 Å². The number of rotatable bonds is 5. The van der Waals surface area contributed by atoms with Crippen LogP contribution in [0.5, 0.6) is 0 Å². The Labute approximate surface area is 145 Å². The van der Waals surface area contributed by atoms with Crippen LogP contribution in [0.4, 0.5) is 5.69 Å². The second-order valence-corrected chi connectivity index (χ2v) is 8.42. The number of nitrogens with one attached hydrogen (secondary N) is 1. The molecule has 0 atom stereocenters. The molecule has 2 aromatic heterocycles. The van der Waals surface area contributed by atoms with E-state index in [1.165, 1.54) is 0 Å². The third kappa shape index (κ3) is 3.37. The van der Waals surface area contributed by atoms with Crippen molar-refractivity contribution in [1.29, 1.82) is 0 Å². The van der Waals surface area contributed by atoms with Gasteiger partial charge in [0.1, 0.15) is 4.21 Å². The van der Waals surface area contributed by atoms with Gasteiger partial charge >= 0.3 is 0 Å². The first-order valence-electron chi connectivity index (χ1n) is 7.53. The van der Waals surface area contributed by atoms with Crippen LogP contribution < -0.4 is 4.72 Å². The van der Waals surface area contributed by atoms with Gasteiger partial charge in [0.15, 0.2) is 5.76 Å². The van der Waals surface area contributed by atoms with E-state index < -0.39 is 10.0 Å². The summed E-state index contributed by atoms with van der Waals surface area (Å²) in [6.45, 7) is 5.92. The number of thiophene rings is 1. The highest BCUT2D eigenvalue weighted by Crippen LogP contribution is 2.30. The zero-order valence-corrected chi connectivity index (χ0v) is 15.3. The van der Waals surface area contributed by atoms with Gasteiger partial charge in [-0.1, -0.05) is 18.1 Å². The number of nitrogens with zero attached hydrogens (tertiary/aromatic N) is 1. The number of hydrogen-bond acceptors (Lipinski definition) is 5. The molecule has 0 fully saturated rings. The third-order valence-corrected chi connectivity index (χ3v) is 6.63. The average molecular weight is 362 g/mol. The zero-order chi connectivity index (χ0) is 17.3. The van der Waals surface area contributed by atoms with E-state index >= 15 is 0 Å². The number of sulfonamides is 1. The monoisotopic (exact) mass is 362 g/mol. The van der Waals surface area contributed by atoms with E-state index in [2.05, 4.69) is 9.88 Å². The first-order chi connectivity index (χ1) is 11.4. The standard InChI is InChI=1S/C17H18N2O3S2/c1-4-14-9-16(22-18-14)13-8-17(23-10-13)24(20,21)19-15-6-5-11(2)12(3)7-15/h5-10,19H,4H2,1-3H3. The van der Waals surface area contributed by atoms with Gasteiger partial charge in [0.05, 0.1) is 5.69 Å². The van der Waals surface area contributed by atoms with Crippen LogP contribution in [0.2, 0.25) is 0 Å². The van der Waals surface area contributed by atoms with Gasteiger partial charge in [0.25, 0.3) is 10.0 Å². The number of aryl methyl sites for hydroxylation is 3. The average Bonchev–Trinajstić information content (AvgIpc) is 3.19. The fourth-order valence-corrected chi connectivity index (χ4v) is 4.43. The Bertz CT molecular complexity index is 971. The zero-order valence-electron chi connectivity index (χ0n) is 13.7. The Balaban J connectivity index is 1.86. The molecule has 1 aromatic carbocycles. The van der Waals surface area contributed by atoms with Crippen LogP contribution >= 0.6 is 11.3 Å². The van der Waals surface area contributed by atoms with E-state index in [1.54, 1.807) is 17.5 Å². The molecule has 0 unspecified atom stereocenters. The molecule has 3 rings (SSSR count). The van der Waals surface area contributed by atoms with E-state index in [4.69, 9.17) is 4.52 Å². The minimum Gasteiger partial charge on any atom is -0.356 e. The maximum atomic E-state index is 12.6. The first-order valence-corrected chi connectivity index (χ1v) is 9.90. The van der Waals surface area contributed by atoms with Crippen LogP contribution in [0.25, 0.3) is 11.3 Å². The Kier molecular flexibility index (Phi) is 4.47. The van der Waals surface area contributed by atoms with Crippen molar-refractivity contribution >= 4 is 27.0 Å². The van der Waals surface area contributed by atoms with Crippen LogP contribution in [-0.4, -0.2) is 13.6 Å². The number of anilines is 1. The normalized spacial score (nSPS) is 11.6. The third-order valence-electron chi connectivity index (χ3n) is 3.81. The Morgan fingerprint density at radius 2 is 1.96 bits per heavy atom. The molecule has 0 saturated carbocycles. The van der Waals surface area contributed by atoms with Gasteiger partial charge in [-0.05, 0) is 49.6 Å². The molecule has 5 nitrogen and oxygen atoms in total. The van der Waals surface area contributed by atoms with E-state index in [1.807, 2.05) is 39.0 Å². The molecule has 0 saturated heterocycles. The first kappa shape index (κ1) is 16.7. The second kappa shape index (κ2) is 6.41.